The highest BCUT2D eigenvalue weighted by molar-refractivity contribution is 14.0. The summed E-state index contributed by atoms with van der Waals surface area (Å²) in [6.45, 7) is 6.69. The summed E-state index contributed by atoms with van der Waals surface area (Å²) in [7, 11) is 1.82. The van der Waals surface area contributed by atoms with E-state index in [4.69, 9.17) is 10.5 Å². The Hall–Kier alpha value is -1.39. The number of nitrogens with zero attached hydrogens (tertiary/aromatic N) is 3. The number of hydrogen-bond acceptors (Lipinski definition) is 4. The molecule has 180 valence electrons. The van der Waals surface area contributed by atoms with E-state index in [0.29, 0.717) is 18.4 Å². The molecule has 3 rings (SSSR count). The van der Waals surface area contributed by atoms with Crippen LogP contribution in [0, 0.1) is 5.92 Å². The van der Waals surface area contributed by atoms with Crippen LogP contribution in [0.1, 0.15) is 44.1 Å². The van der Waals surface area contributed by atoms with E-state index in [2.05, 4.69) is 50.4 Å². The van der Waals surface area contributed by atoms with Crippen molar-refractivity contribution >= 4 is 35.8 Å². The predicted molar refractivity (Wildman–Crippen MR) is 140 cm³/mol. The molecule has 2 fully saturated rings. The molecule has 8 heteroatoms. The first-order valence-corrected chi connectivity index (χ1v) is 11.8. The third-order valence-corrected chi connectivity index (χ3v) is 6.26. The monoisotopic (exact) mass is 557 g/mol. The van der Waals surface area contributed by atoms with E-state index in [-0.39, 0.29) is 29.9 Å². The highest BCUT2D eigenvalue weighted by Gasteiger charge is 2.23. The Balaban J connectivity index is 0.00000363. The highest BCUT2D eigenvalue weighted by Crippen LogP contribution is 2.19. The van der Waals surface area contributed by atoms with Crippen molar-refractivity contribution in [1.29, 1.82) is 0 Å². The summed E-state index contributed by atoms with van der Waals surface area (Å²) in [6.07, 6.45) is 6.16. The summed E-state index contributed by atoms with van der Waals surface area (Å²) in [5.41, 5.74) is 6.76. The fourth-order valence-electron chi connectivity index (χ4n) is 4.64. The number of nitrogens with one attached hydrogen (secondary N) is 1. The van der Waals surface area contributed by atoms with Gasteiger partial charge in [-0.1, -0.05) is 30.3 Å². The summed E-state index contributed by atoms with van der Waals surface area (Å²) in [5.74, 6) is 1.04. The number of halogens is 1. The van der Waals surface area contributed by atoms with Crippen molar-refractivity contribution in [3.05, 3.63) is 35.9 Å². The molecule has 0 radical (unpaired) electrons. The van der Waals surface area contributed by atoms with Crippen LogP contribution in [0.5, 0.6) is 0 Å². The number of carbonyl (C=O) groups is 1. The number of likely N-dealkylation sites (tertiary alicyclic amines) is 2. The molecular weight excluding hydrogens is 517 g/mol. The zero-order valence-corrected chi connectivity index (χ0v) is 21.7. The first-order valence-electron chi connectivity index (χ1n) is 11.8. The topological polar surface area (TPSA) is 83.2 Å². The Morgan fingerprint density at radius 3 is 2.62 bits per heavy atom. The minimum atomic E-state index is -0.210. The molecule has 0 saturated carbocycles. The molecule has 1 aromatic rings. The molecule has 1 atom stereocenters. The van der Waals surface area contributed by atoms with E-state index in [1.807, 2.05) is 7.05 Å². The predicted octanol–water partition coefficient (Wildman–Crippen LogP) is 2.84. The first-order chi connectivity index (χ1) is 15.1. The second kappa shape index (κ2) is 14.7. The van der Waals surface area contributed by atoms with Crippen molar-refractivity contribution in [3.63, 3.8) is 0 Å². The van der Waals surface area contributed by atoms with Gasteiger partial charge in [0.05, 0.1) is 6.10 Å². The van der Waals surface area contributed by atoms with Crippen LogP contribution in [0.3, 0.4) is 0 Å². The molecule has 0 aromatic heterocycles. The van der Waals surface area contributed by atoms with Gasteiger partial charge in [-0.25, -0.2) is 0 Å². The lowest BCUT2D eigenvalue weighted by Crippen LogP contribution is -2.47. The normalized spacial score (nSPS) is 20.6. The standard InChI is InChI=1S/C24H39N5O2.HI/c1-26-24(29-13-5-9-21(19-29)17-23(25)30)27-12-6-16-31-22-10-14-28(15-11-22)18-20-7-3-2-4-8-20;/h2-4,7-8,21-22H,5-6,9-19H2,1H3,(H2,25,30)(H,26,27);1H. The summed E-state index contributed by atoms with van der Waals surface area (Å²) in [5, 5.41) is 3.46. The molecule has 1 aromatic carbocycles. The molecule has 3 N–H and O–H groups in total. The van der Waals surface area contributed by atoms with Gasteiger partial charge < -0.3 is 20.7 Å². The highest BCUT2D eigenvalue weighted by atomic mass is 127. The molecule has 32 heavy (non-hydrogen) atoms. The van der Waals surface area contributed by atoms with Gasteiger partial charge >= 0.3 is 0 Å². The number of ether oxygens (including phenoxy) is 1. The molecular formula is C24H40IN5O2. The van der Waals surface area contributed by atoms with Crippen molar-refractivity contribution in [2.75, 3.05) is 46.4 Å². The summed E-state index contributed by atoms with van der Waals surface area (Å²) in [6, 6.07) is 10.7. The summed E-state index contributed by atoms with van der Waals surface area (Å²) in [4.78, 5) is 20.4. The molecule has 1 amide bonds. The second-order valence-electron chi connectivity index (χ2n) is 8.78. The van der Waals surface area contributed by atoms with E-state index >= 15 is 0 Å². The van der Waals surface area contributed by atoms with E-state index in [9.17, 15) is 4.79 Å². The average molecular weight is 558 g/mol. The average Bonchev–Trinajstić information content (AvgIpc) is 2.78. The van der Waals surface area contributed by atoms with Gasteiger partial charge in [-0.2, -0.15) is 0 Å². The molecule has 2 saturated heterocycles. The van der Waals surface area contributed by atoms with Crippen LogP contribution in [0.4, 0.5) is 0 Å². The molecule has 2 aliphatic rings. The molecule has 2 aliphatic heterocycles. The molecule has 7 nitrogen and oxygen atoms in total. The molecule has 0 bridgehead atoms. The number of aliphatic imine (C=N–C) groups is 1. The van der Waals surface area contributed by atoms with E-state index in [1.165, 1.54) is 5.56 Å². The minimum Gasteiger partial charge on any atom is -0.378 e. The lowest BCUT2D eigenvalue weighted by molar-refractivity contribution is -0.119. The van der Waals surface area contributed by atoms with Crippen LogP contribution >= 0.6 is 24.0 Å². The van der Waals surface area contributed by atoms with Crippen molar-refractivity contribution in [2.45, 2.75) is 51.2 Å². The fourth-order valence-corrected chi connectivity index (χ4v) is 4.64. The Morgan fingerprint density at radius 1 is 1.19 bits per heavy atom. The zero-order chi connectivity index (χ0) is 21.9. The quantitative estimate of drug-likeness (QED) is 0.211. The maximum Gasteiger partial charge on any atom is 0.217 e. The number of piperidine rings is 2. The number of rotatable bonds is 9. The van der Waals surface area contributed by atoms with E-state index < -0.39 is 0 Å². The van der Waals surface area contributed by atoms with Crippen LogP contribution in [-0.4, -0.2) is 74.1 Å². The molecule has 0 spiro atoms. The summed E-state index contributed by atoms with van der Waals surface area (Å²) < 4.78 is 6.13. The Labute approximate surface area is 210 Å². The number of nitrogens with two attached hydrogens (primary N) is 1. The van der Waals surface area contributed by atoms with Crippen molar-refractivity contribution < 1.29 is 9.53 Å². The van der Waals surface area contributed by atoms with Crippen LogP contribution in [-0.2, 0) is 16.1 Å². The number of hydrogen-bond donors (Lipinski definition) is 2. The second-order valence-corrected chi connectivity index (χ2v) is 8.78. The zero-order valence-electron chi connectivity index (χ0n) is 19.4. The van der Waals surface area contributed by atoms with Crippen molar-refractivity contribution in [2.24, 2.45) is 16.6 Å². The molecule has 0 aliphatic carbocycles. The van der Waals surface area contributed by atoms with Crippen LogP contribution in [0.25, 0.3) is 0 Å². The Bertz CT molecular complexity index is 695. The SMILES string of the molecule is CN=C(NCCCOC1CCN(Cc2ccccc2)CC1)N1CCCC(CC(N)=O)C1.I. The number of benzene rings is 1. The van der Waals surface area contributed by atoms with Crippen molar-refractivity contribution in [1.82, 2.24) is 15.1 Å². The van der Waals surface area contributed by atoms with Crippen LogP contribution in [0.15, 0.2) is 35.3 Å². The molecule has 2 heterocycles. The van der Waals surface area contributed by atoms with Crippen LogP contribution in [0.2, 0.25) is 0 Å². The maximum atomic E-state index is 11.2. The first kappa shape index (κ1) is 26.9. The number of amides is 1. The molecule has 1 unspecified atom stereocenters. The minimum absolute atomic E-state index is 0. The fraction of sp³-hybridized carbons (Fsp3) is 0.667. The number of primary amides is 1. The number of carbonyl (C=O) groups excluding carboxylic acids is 1. The lowest BCUT2D eigenvalue weighted by atomic mass is 9.95. The van der Waals surface area contributed by atoms with E-state index in [1.54, 1.807) is 0 Å². The van der Waals surface area contributed by atoms with Gasteiger partial charge in [-0.15, -0.1) is 24.0 Å². The van der Waals surface area contributed by atoms with Gasteiger partial charge in [0.1, 0.15) is 0 Å². The third kappa shape index (κ3) is 9.23. The van der Waals surface area contributed by atoms with Gasteiger partial charge in [-0.3, -0.25) is 14.7 Å². The Kier molecular flexibility index (Phi) is 12.3. The van der Waals surface area contributed by atoms with Gasteiger partial charge in [0.15, 0.2) is 5.96 Å². The summed E-state index contributed by atoms with van der Waals surface area (Å²) >= 11 is 0. The van der Waals surface area contributed by atoms with E-state index in [0.717, 1.165) is 83.9 Å². The maximum absolute atomic E-state index is 11.2. The van der Waals surface area contributed by atoms with Crippen LogP contribution < -0.4 is 11.1 Å². The number of guanidine groups is 1. The third-order valence-electron chi connectivity index (χ3n) is 6.26. The lowest BCUT2D eigenvalue weighted by Gasteiger charge is -2.34. The van der Waals surface area contributed by atoms with Gasteiger partial charge in [-0.05, 0) is 43.6 Å². The smallest absolute Gasteiger partial charge is 0.217 e. The van der Waals surface area contributed by atoms with Crippen molar-refractivity contribution in [3.8, 4) is 0 Å². The van der Waals surface area contributed by atoms with Gasteiger partial charge in [0.25, 0.3) is 0 Å². The largest absolute Gasteiger partial charge is 0.378 e. The Morgan fingerprint density at radius 2 is 1.94 bits per heavy atom. The van der Waals surface area contributed by atoms with Gasteiger partial charge in [0, 0.05) is 59.3 Å². The van der Waals surface area contributed by atoms with Gasteiger partial charge in [0.2, 0.25) is 5.91 Å².